The first-order valence-corrected chi connectivity index (χ1v) is 39.2. The number of hydrogen-bond acceptors (Lipinski definition) is 8. The standard InChI is InChI=1S/C37H30N2.2C36H27N3/c1-38(33-13-7-3-8-14-33)34-23-17-31(18-24-34)32-21-27-37(28-22-32)39(35-15-9-4-10-16-35)36-25-19-30(20-26-36)29-11-5-2-6-12-29;1-38(35-13-7-8-27(24-35)26-37)32-19-14-29(15-20-32)30-16-21-34(22-17-30)39(33-11-3-2-4-12-33)36-23-18-28-9-5-6-10-31(28)25-36;1-38(32-18-11-27(26-37)12-19-32)33-20-13-29(14-21-33)30-15-22-35(23-16-30)39(34-9-3-2-4-10-34)36-24-17-28-7-5-6-8-31(28)25-36/h2-28H,1H3;2*2-25H,1H3. The van der Waals surface area contributed by atoms with Crippen molar-refractivity contribution in [1.29, 1.82) is 10.5 Å². The minimum absolute atomic E-state index is 0.657. The van der Waals surface area contributed by atoms with Crippen molar-refractivity contribution in [1.82, 2.24) is 0 Å². The van der Waals surface area contributed by atoms with Crippen molar-refractivity contribution in [2.75, 3.05) is 50.5 Å². The predicted octanol–water partition coefficient (Wildman–Crippen LogP) is 29.5. The van der Waals surface area contributed by atoms with Gasteiger partial charge in [0.05, 0.1) is 23.3 Å². The Hall–Kier alpha value is -15.7. The van der Waals surface area contributed by atoms with Crippen LogP contribution in [0.3, 0.4) is 0 Å². The Morgan fingerprint density at radius 1 is 0.154 bits per heavy atom. The molecule has 0 heterocycles. The van der Waals surface area contributed by atoms with Crippen molar-refractivity contribution in [3.8, 4) is 56.6 Å². The van der Waals surface area contributed by atoms with E-state index < -0.39 is 0 Å². The molecule has 0 saturated heterocycles. The molecule has 0 radical (unpaired) electrons. The Labute approximate surface area is 686 Å². The second-order valence-electron chi connectivity index (χ2n) is 28.6. The topological polar surface area (TPSA) is 67.0 Å². The summed E-state index contributed by atoms with van der Waals surface area (Å²) >= 11 is 0. The van der Waals surface area contributed by atoms with Gasteiger partial charge in [-0.3, -0.25) is 0 Å². The van der Waals surface area contributed by atoms with Gasteiger partial charge in [0, 0.05) is 106 Å². The van der Waals surface area contributed by atoms with Crippen LogP contribution < -0.4 is 29.4 Å². The normalized spacial score (nSPS) is 10.7. The largest absolute Gasteiger partial charge is 0.345 e. The molecule has 18 rings (SSSR count). The van der Waals surface area contributed by atoms with E-state index >= 15 is 0 Å². The Morgan fingerprint density at radius 2 is 0.368 bits per heavy atom. The number of rotatable bonds is 19. The molecule has 117 heavy (non-hydrogen) atoms. The van der Waals surface area contributed by atoms with Crippen LogP contribution in [-0.2, 0) is 0 Å². The van der Waals surface area contributed by atoms with E-state index in [0.29, 0.717) is 11.1 Å². The molecule has 0 bridgehead atoms. The van der Waals surface area contributed by atoms with Crippen molar-refractivity contribution >= 4 is 107 Å². The fourth-order valence-electron chi connectivity index (χ4n) is 14.8. The summed E-state index contributed by atoms with van der Waals surface area (Å²) in [4.78, 5) is 13.3. The number of benzene rings is 18. The van der Waals surface area contributed by atoms with Crippen molar-refractivity contribution in [3.63, 3.8) is 0 Å². The maximum atomic E-state index is 9.23. The van der Waals surface area contributed by atoms with E-state index in [1.807, 2.05) is 80.8 Å². The quantitative estimate of drug-likeness (QED) is 0.0793. The van der Waals surface area contributed by atoms with Crippen molar-refractivity contribution in [3.05, 3.63) is 466 Å². The molecule has 0 fully saturated rings. The molecule has 0 aliphatic carbocycles. The van der Waals surface area contributed by atoms with Gasteiger partial charge < -0.3 is 29.4 Å². The molecule has 560 valence electrons. The molecule has 0 N–H and O–H groups in total. The van der Waals surface area contributed by atoms with Gasteiger partial charge in [0.25, 0.3) is 0 Å². The van der Waals surface area contributed by atoms with E-state index in [9.17, 15) is 5.26 Å². The van der Waals surface area contributed by atoms with E-state index in [1.54, 1.807) is 0 Å². The highest BCUT2D eigenvalue weighted by Gasteiger charge is 2.19. The summed E-state index contributed by atoms with van der Waals surface area (Å²) < 4.78 is 0. The first-order valence-electron chi connectivity index (χ1n) is 39.2. The Balaban J connectivity index is 0.000000131. The highest BCUT2D eigenvalue weighted by atomic mass is 15.2. The van der Waals surface area contributed by atoms with E-state index in [0.717, 1.165) is 102 Å². The first-order chi connectivity index (χ1) is 57.6. The first kappa shape index (κ1) is 75.3. The average Bonchev–Trinajstić information content (AvgIpc) is 0.799. The lowest BCUT2D eigenvalue weighted by molar-refractivity contribution is 1.21. The number of fused-ring (bicyclic) bond motifs is 2. The minimum atomic E-state index is 0.657. The summed E-state index contributed by atoms with van der Waals surface area (Å²) in [5.41, 5.74) is 27.4. The van der Waals surface area contributed by atoms with Crippen molar-refractivity contribution < 1.29 is 0 Å². The van der Waals surface area contributed by atoms with Crippen LogP contribution in [0.5, 0.6) is 0 Å². The smallest absolute Gasteiger partial charge is 0.0992 e. The molecule has 0 aromatic heterocycles. The van der Waals surface area contributed by atoms with E-state index in [4.69, 9.17) is 5.26 Å². The lowest BCUT2D eigenvalue weighted by atomic mass is 10.0. The van der Waals surface area contributed by atoms with Gasteiger partial charge in [-0.05, 0) is 266 Å². The maximum Gasteiger partial charge on any atom is 0.0992 e. The minimum Gasteiger partial charge on any atom is -0.345 e. The lowest BCUT2D eigenvalue weighted by Gasteiger charge is -2.26. The molecule has 0 spiro atoms. The number of hydrogen-bond donors (Lipinski definition) is 0. The molecule has 8 nitrogen and oxygen atoms in total. The number of nitrogens with zero attached hydrogens (tertiary/aromatic N) is 8. The van der Waals surface area contributed by atoms with Gasteiger partial charge in [0.2, 0.25) is 0 Å². The summed E-state index contributed by atoms with van der Waals surface area (Å²) in [5.74, 6) is 0. The van der Waals surface area contributed by atoms with Crippen LogP contribution >= 0.6 is 0 Å². The number of para-hydroxylation sites is 4. The third-order valence-electron chi connectivity index (χ3n) is 21.3. The summed E-state index contributed by atoms with van der Waals surface area (Å²) in [6.45, 7) is 0. The zero-order chi connectivity index (χ0) is 79.7. The van der Waals surface area contributed by atoms with Gasteiger partial charge in [-0.1, -0.05) is 255 Å². The lowest BCUT2D eigenvalue weighted by Crippen LogP contribution is -2.09. The van der Waals surface area contributed by atoms with Gasteiger partial charge >= 0.3 is 0 Å². The van der Waals surface area contributed by atoms with Crippen LogP contribution in [0.1, 0.15) is 11.1 Å². The molecule has 0 saturated carbocycles. The SMILES string of the molecule is CN(c1ccc(-c2ccc(N(c3ccccc3)c3ccc4ccccc4c3)cc2)cc1)c1cccc(C#N)c1.CN(c1ccc(C#N)cc1)c1ccc(-c2ccc(N(c3ccccc3)c3ccc4ccccc4c3)cc2)cc1.CN(c1ccccc1)c1ccc(-c2ccc(N(c3ccccc3)c3ccc(-c4ccccc4)cc3)cc2)cc1. The monoisotopic (exact) mass is 1500 g/mol. The summed E-state index contributed by atoms with van der Waals surface area (Å²) in [7, 11) is 6.16. The summed E-state index contributed by atoms with van der Waals surface area (Å²) in [6.07, 6.45) is 0. The van der Waals surface area contributed by atoms with Crippen molar-refractivity contribution in [2.45, 2.75) is 0 Å². The molecule has 0 atom stereocenters. The maximum absolute atomic E-state index is 9.23. The third kappa shape index (κ3) is 17.6. The molecule has 18 aromatic carbocycles. The zero-order valence-electron chi connectivity index (χ0n) is 65.4. The predicted molar refractivity (Wildman–Crippen MR) is 493 cm³/mol. The van der Waals surface area contributed by atoms with Gasteiger partial charge in [0.1, 0.15) is 0 Å². The molecular weight excluding hydrogens is 1420 g/mol. The van der Waals surface area contributed by atoms with Gasteiger partial charge in [-0.2, -0.15) is 10.5 Å². The Morgan fingerprint density at radius 3 is 0.684 bits per heavy atom. The molecular formula is C109H84N8. The molecule has 0 aliphatic heterocycles. The second-order valence-corrected chi connectivity index (χ2v) is 28.6. The molecule has 18 aromatic rings. The fraction of sp³-hybridized carbons (Fsp3) is 0.0275. The number of nitriles is 2. The highest BCUT2D eigenvalue weighted by Crippen LogP contribution is 2.42. The van der Waals surface area contributed by atoms with Crippen LogP contribution in [-0.4, -0.2) is 21.1 Å². The van der Waals surface area contributed by atoms with E-state index in [2.05, 4.69) is 437 Å². The fourth-order valence-corrected chi connectivity index (χ4v) is 14.8. The highest BCUT2D eigenvalue weighted by molar-refractivity contribution is 5.92. The Bertz CT molecular complexity index is 6380. The zero-order valence-corrected chi connectivity index (χ0v) is 65.4. The summed E-state index contributed by atoms with van der Waals surface area (Å²) in [6, 6.07) is 163. The van der Waals surface area contributed by atoms with Crippen LogP contribution in [0.2, 0.25) is 0 Å². The third-order valence-corrected chi connectivity index (χ3v) is 21.3. The molecule has 0 amide bonds. The summed E-state index contributed by atoms with van der Waals surface area (Å²) in [5, 5.41) is 23.2. The Kier molecular flexibility index (Phi) is 23.0. The van der Waals surface area contributed by atoms with Gasteiger partial charge in [-0.25, -0.2) is 0 Å². The van der Waals surface area contributed by atoms with Crippen LogP contribution in [0.25, 0.3) is 66.1 Å². The van der Waals surface area contributed by atoms with Crippen LogP contribution in [0.4, 0.5) is 85.3 Å². The van der Waals surface area contributed by atoms with Gasteiger partial charge in [-0.15, -0.1) is 0 Å². The molecule has 0 unspecified atom stereocenters. The average molecular weight is 1510 g/mol. The number of anilines is 15. The van der Waals surface area contributed by atoms with Crippen LogP contribution in [0.15, 0.2) is 455 Å². The van der Waals surface area contributed by atoms with E-state index in [1.165, 1.54) is 49.5 Å². The van der Waals surface area contributed by atoms with E-state index in [-0.39, 0.29) is 0 Å². The molecule has 0 aliphatic rings. The molecule has 8 heteroatoms. The van der Waals surface area contributed by atoms with Crippen LogP contribution in [0, 0.1) is 22.7 Å². The van der Waals surface area contributed by atoms with Gasteiger partial charge in [0.15, 0.2) is 0 Å². The van der Waals surface area contributed by atoms with Crippen molar-refractivity contribution in [2.24, 2.45) is 0 Å². The second kappa shape index (κ2) is 35.7.